The maximum Gasteiger partial charge on any atom is 0.325 e. The average Bonchev–Trinajstić information content (AvgIpc) is 2.89. The van der Waals surface area contributed by atoms with Crippen LogP contribution in [0.25, 0.3) is 10.2 Å². The van der Waals surface area contributed by atoms with Crippen LogP contribution >= 0.6 is 11.3 Å². The summed E-state index contributed by atoms with van der Waals surface area (Å²) in [5, 5.41) is 16.3. The second-order valence-corrected chi connectivity index (χ2v) is 5.40. The molecule has 0 aliphatic heterocycles. The van der Waals surface area contributed by atoms with Crippen molar-refractivity contribution in [1.29, 1.82) is 0 Å². The molecule has 0 spiro atoms. The number of benzene rings is 2. The maximum absolute atomic E-state index is 11.9. The summed E-state index contributed by atoms with van der Waals surface area (Å²) in [6.07, 6.45) is 0. The molecule has 110 valence electrons. The monoisotopic (exact) mass is 314 g/mol. The van der Waals surface area contributed by atoms with E-state index in [1.54, 1.807) is 6.07 Å². The van der Waals surface area contributed by atoms with Crippen LogP contribution in [0.15, 0.2) is 48.5 Å². The van der Waals surface area contributed by atoms with Crippen molar-refractivity contribution in [3.8, 4) is 0 Å². The normalized spacial score (nSPS) is 10.4. The predicted molar refractivity (Wildman–Crippen MR) is 85.4 cm³/mol. The van der Waals surface area contributed by atoms with Crippen LogP contribution < -0.4 is 10.6 Å². The number of anilines is 2. The van der Waals surface area contributed by atoms with Crippen molar-refractivity contribution in [1.82, 2.24) is 4.98 Å². The van der Waals surface area contributed by atoms with Crippen LogP contribution in [0.5, 0.6) is 0 Å². The number of nitro groups is 1. The van der Waals surface area contributed by atoms with Gasteiger partial charge in [-0.05, 0) is 18.2 Å². The van der Waals surface area contributed by atoms with Gasteiger partial charge in [0.2, 0.25) is 0 Å². The number of hydrogen-bond donors (Lipinski definition) is 2. The van der Waals surface area contributed by atoms with Crippen LogP contribution in [0.3, 0.4) is 0 Å². The van der Waals surface area contributed by atoms with Crippen LogP contribution in [0.4, 0.5) is 21.3 Å². The minimum Gasteiger partial charge on any atom is -0.307 e. The maximum atomic E-state index is 11.9. The zero-order chi connectivity index (χ0) is 15.5. The molecule has 0 aliphatic rings. The fourth-order valence-electron chi connectivity index (χ4n) is 1.88. The zero-order valence-corrected chi connectivity index (χ0v) is 12.0. The number of rotatable bonds is 3. The summed E-state index contributed by atoms with van der Waals surface area (Å²) < 4.78 is 0.966. The molecule has 2 N–H and O–H groups in total. The Balaban J connectivity index is 1.72. The highest BCUT2D eigenvalue weighted by Gasteiger charge is 2.10. The molecule has 3 rings (SSSR count). The van der Waals surface area contributed by atoms with Gasteiger partial charge < -0.3 is 5.32 Å². The Morgan fingerprint density at radius 1 is 1.14 bits per heavy atom. The molecule has 0 saturated carbocycles. The number of non-ortho nitro benzene ring substituents is 1. The number of para-hydroxylation sites is 1. The summed E-state index contributed by atoms with van der Waals surface area (Å²) in [6.45, 7) is 0. The van der Waals surface area contributed by atoms with Crippen molar-refractivity contribution in [2.24, 2.45) is 0 Å². The molecular weight excluding hydrogens is 304 g/mol. The van der Waals surface area contributed by atoms with E-state index in [0.29, 0.717) is 10.8 Å². The van der Waals surface area contributed by atoms with E-state index in [0.717, 1.165) is 10.2 Å². The number of carbonyl (C=O) groups is 1. The van der Waals surface area contributed by atoms with Crippen LogP contribution in [-0.2, 0) is 0 Å². The smallest absolute Gasteiger partial charge is 0.307 e. The van der Waals surface area contributed by atoms with Crippen molar-refractivity contribution in [2.75, 3.05) is 10.6 Å². The lowest BCUT2D eigenvalue weighted by Crippen LogP contribution is -2.19. The molecule has 22 heavy (non-hydrogen) atoms. The molecule has 2 amide bonds. The van der Waals surface area contributed by atoms with Gasteiger partial charge in [-0.25, -0.2) is 9.78 Å². The molecule has 2 aromatic carbocycles. The molecule has 0 radical (unpaired) electrons. The van der Waals surface area contributed by atoms with E-state index in [9.17, 15) is 14.9 Å². The minimum atomic E-state index is -0.517. The third-order valence-corrected chi connectivity index (χ3v) is 3.78. The lowest BCUT2D eigenvalue weighted by molar-refractivity contribution is -0.384. The Kier molecular flexibility index (Phi) is 3.67. The van der Waals surface area contributed by atoms with Gasteiger partial charge in [0.05, 0.1) is 15.1 Å². The van der Waals surface area contributed by atoms with E-state index >= 15 is 0 Å². The topological polar surface area (TPSA) is 97.2 Å². The minimum absolute atomic E-state index is 0.0854. The molecule has 0 aliphatic carbocycles. The van der Waals surface area contributed by atoms with Crippen molar-refractivity contribution in [2.45, 2.75) is 0 Å². The lowest BCUT2D eigenvalue weighted by atomic mass is 10.3. The quantitative estimate of drug-likeness (QED) is 0.567. The van der Waals surface area contributed by atoms with Crippen LogP contribution in [-0.4, -0.2) is 15.9 Å². The first-order chi connectivity index (χ1) is 10.6. The molecule has 0 fully saturated rings. The number of thiazole rings is 1. The molecule has 1 heterocycles. The van der Waals surface area contributed by atoms with Gasteiger partial charge in [-0.1, -0.05) is 29.5 Å². The van der Waals surface area contributed by atoms with Crippen LogP contribution in [0.2, 0.25) is 0 Å². The number of nitrogens with zero attached hydrogens (tertiary/aromatic N) is 2. The van der Waals surface area contributed by atoms with E-state index in [4.69, 9.17) is 0 Å². The standard InChI is InChI=1S/C14H10N4O3S/c19-13(15-9-4-3-5-10(8-9)18(20)21)17-14-16-11-6-1-2-7-12(11)22-14/h1-8H,(H2,15,16,17,19). The predicted octanol–water partition coefficient (Wildman–Crippen LogP) is 3.85. The van der Waals surface area contributed by atoms with Crippen molar-refractivity contribution in [3.63, 3.8) is 0 Å². The van der Waals surface area contributed by atoms with E-state index in [1.807, 2.05) is 24.3 Å². The summed E-state index contributed by atoms with van der Waals surface area (Å²) >= 11 is 1.35. The number of nitrogens with one attached hydrogen (secondary N) is 2. The van der Waals surface area contributed by atoms with E-state index in [-0.39, 0.29) is 5.69 Å². The van der Waals surface area contributed by atoms with E-state index < -0.39 is 11.0 Å². The Hall–Kier alpha value is -3.00. The SMILES string of the molecule is O=C(Nc1cccc([N+](=O)[O-])c1)Nc1nc2ccccc2s1. The largest absolute Gasteiger partial charge is 0.325 e. The van der Waals surface area contributed by atoms with Gasteiger partial charge >= 0.3 is 6.03 Å². The van der Waals surface area contributed by atoms with Crippen molar-refractivity contribution >= 4 is 44.1 Å². The first-order valence-electron chi connectivity index (χ1n) is 6.30. The van der Waals surface area contributed by atoms with Gasteiger partial charge in [-0.2, -0.15) is 0 Å². The van der Waals surface area contributed by atoms with Gasteiger partial charge in [0.25, 0.3) is 5.69 Å². The van der Waals surface area contributed by atoms with Gasteiger partial charge in [-0.15, -0.1) is 0 Å². The molecule has 7 nitrogen and oxygen atoms in total. The molecule has 0 atom stereocenters. The summed E-state index contributed by atoms with van der Waals surface area (Å²) in [5.41, 5.74) is 1.06. The summed E-state index contributed by atoms with van der Waals surface area (Å²) in [7, 11) is 0. The number of nitro benzene ring substituents is 1. The number of aromatic nitrogens is 1. The van der Waals surface area contributed by atoms with Crippen LogP contribution in [0.1, 0.15) is 0 Å². The number of amides is 2. The second kappa shape index (κ2) is 5.78. The third kappa shape index (κ3) is 3.01. The van der Waals surface area contributed by atoms with Gasteiger partial charge in [-0.3, -0.25) is 15.4 Å². The fraction of sp³-hybridized carbons (Fsp3) is 0. The summed E-state index contributed by atoms with van der Waals surface area (Å²) in [4.78, 5) is 26.4. The Morgan fingerprint density at radius 3 is 2.73 bits per heavy atom. The van der Waals surface area contributed by atoms with Gasteiger partial charge in [0.15, 0.2) is 5.13 Å². The van der Waals surface area contributed by atoms with Crippen molar-refractivity contribution in [3.05, 3.63) is 58.6 Å². The van der Waals surface area contributed by atoms with Gasteiger partial charge in [0.1, 0.15) is 0 Å². The van der Waals surface area contributed by atoms with Crippen LogP contribution in [0, 0.1) is 10.1 Å². The highest BCUT2D eigenvalue weighted by molar-refractivity contribution is 7.22. The Morgan fingerprint density at radius 2 is 1.95 bits per heavy atom. The molecule has 0 saturated heterocycles. The van der Waals surface area contributed by atoms with Gasteiger partial charge in [0, 0.05) is 17.8 Å². The van der Waals surface area contributed by atoms with E-state index in [2.05, 4.69) is 15.6 Å². The Bertz CT molecular complexity index is 829. The Labute approximate surface area is 128 Å². The third-order valence-electron chi connectivity index (χ3n) is 2.83. The number of urea groups is 1. The number of fused-ring (bicyclic) bond motifs is 1. The molecule has 0 bridgehead atoms. The first-order valence-corrected chi connectivity index (χ1v) is 7.11. The lowest BCUT2D eigenvalue weighted by Gasteiger charge is -2.04. The highest BCUT2D eigenvalue weighted by Crippen LogP contribution is 2.25. The molecule has 1 aromatic heterocycles. The number of hydrogen-bond acceptors (Lipinski definition) is 5. The second-order valence-electron chi connectivity index (χ2n) is 4.37. The molecule has 0 unspecified atom stereocenters. The van der Waals surface area contributed by atoms with E-state index in [1.165, 1.54) is 29.5 Å². The molecular formula is C14H10N4O3S. The average molecular weight is 314 g/mol. The summed E-state index contributed by atoms with van der Waals surface area (Å²) in [6, 6.07) is 12.8. The summed E-state index contributed by atoms with van der Waals surface area (Å²) in [5.74, 6) is 0. The highest BCUT2D eigenvalue weighted by atomic mass is 32.1. The fourth-order valence-corrected chi connectivity index (χ4v) is 2.74. The van der Waals surface area contributed by atoms with Crippen molar-refractivity contribution < 1.29 is 9.72 Å². The zero-order valence-electron chi connectivity index (χ0n) is 11.1. The molecule has 8 heteroatoms. The number of carbonyl (C=O) groups excluding carboxylic acids is 1. The first kappa shape index (κ1) is 14.0. The molecule has 3 aromatic rings.